The first-order valence-electron chi connectivity index (χ1n) is 7.51. The Morgan fingerprint density at radius 1 is 1.22 bits per heavy atom. The van der Waals surface area contributed by atoms with Crippen molar-refractivity contribution in [3.8, 4) is 0 Å². The zero-order chi connectivity index (χ0) is 16.1. The number of carboxylic acid groups (broad SMARTS) is 1. The second-order valence-corrected chi connectivity index (χ2v) is 8.01. The Kier molecular flexibility index (Phi) is 3.39. The smallest absolute Gasteiger partial charge is 0.308 e. The summed E-state index contributed by atoms with van der Waals surface area (Å²) in [5.41, 5.74) is 0. The van der Waals surface area contributed by atoms with Gasteiger partial charge >= 0.3 is 5.97 Å². The molecule has 1 N–H and O–H groups in total. The van der Waals surface area contributed by atoms with Gasteiger partial charge < -0.3 is 10.0 Å². The molecule has 2 atom stereocenters. The van der Waals surface area contributed by atoms with Crippen LogP contribution in [0.2, 0.25) is 0 Å². The lowest BCUT2D eigenvalue weighted by Gasteiger charge is -2.22. The van der Waals surface area contributed by atoms with Gasteiger partial charge in [0.2, 0.25) is 0 Å². The third-order valence-electron chi connectivity index (χ3n) is 4.59. The third-order valence-corrected chi connectivity index (χ3v) is 7.00. The van der Waals surface area contributed by atoms with E-state index in [1.807, 2.05) is 25.1 Å². The fourth-order valence-electron chi connectivity index (χ4n) is 3.30. The van der Waals surface area contributed by atoms with Crippen LogP contribution in [-0.4, -0.2) is 34.5 Å². The van der Waals surface area contributed by atoms with Gasteiger partial charge in [-0.05, 0) is 25.5 Å². The van der Waals surface area contributed by atoms with E-state index in [9.17, 15) is 14.7 Å². The van der Waals surface area contributed by atoms with Crippen LogP contribution in [-0.2, 0) is 4.79 Å². The van der Waals surface area contributed by atoms with Crippen molar-refractivity contribution in [2.45, 2.75) is 19.4 Å². The summed E-state index contributed by atoms with van der Waals surface area (Å²) in [6.07, 6.45) is 0.533. The number of carbonyl (C=O) groups excluding carboxylic acids is 1. The first-order chi connectivity index (χ1) is 11.1. The number of fused-ring (bicyclic) bond motifs is 3. The van der Waals surface area contributed by atoms with Crippen LogP contribution in [0.15, 0.2) is 30.3 Å². The highest BCUT2D eigenvalue weighted by atomic mass is 32.1. The Labute approximate surface area is 141 Å². The summed E-state index contributed by atoms with van der Waals surface area (Å²) in [4.78, 5) is 26.4. The zero-order valence-electron chi connectivity index (χ0n) is 12.5. The van der Waals surface area contributed by atoms with E-state index >= 15 is 0 Å². The SMILES string of the molecule is CC1C(C(=O)O)CCN1C(=O)c1cc2sc3ccccc3c2s1. The van der Waals surface area contributed by atoms with Crippen molar-refractivity contribution in [2.24, 2.45) is 5.92 Å². The van der Waals surface area contributed by atoms with Gasteiger partial charge in [-0.1, -0.05) is 18.2 Å². The minimum Gasteiger partial charge on any atom is -0.481 e. The van der Waals surface area contributed by atoms with E-state index in [1.165, 1.54) is 21.4 Å². The van der Waals surface area contributed by atoms with Crippen molar-refractivity contribution in [1.29, 1.82) is 0 Å². The number of amides is 1. The highest BCUT2D eigenvalue weighted by molar-refractivity contribution is 7.33. The molecule has 2 unspecified atom stereocenters. The number of hydrogen-bond acceptors (Lipinski definition) is 4. The summed E-state index contributed by atoms with van der Waals surface area (Å²) < 4.78 is 3.50. The van der Waals surface area contributed by atoms with Crippen LogP contribution < -0.4 is 0 Å². The Hall–Kier alpha value is -1.92. The lowest BCUT2D eigenvalue weighted by molar-refractivity contribution is -0.142. The lowest BCUT2D eigenvalue weighted by atomic mass is 10.0. The van der Waals surface area contributed by atoms with Gasteiger partial charge in [0.25, 0.3) is 5.91 Å². The van der Waals surface area contributed by atoms with Crippen molar-refractivity contribution < 1.29 is 14.7 Å². The molecule has 1 fully saturated rings. The summed E-state index contributed by atoms with van der Waals surface area (Å²) in [5, 5.41) is 10.4. The average Bonchev–Trinajstić information content (AvgIpc) is 3.18. The van der Waals surface area contributed by atoms with Crippen molar-refractivity contribution in [2.75, 3.05) is 6.54 Å². The molecule has 1 aliphatic rings. The molecule has 2 aromatic heterocycles. The quantitative estimate of drug-likeness (QED) is 0.762. The Morgan fingerprint density at radius 2 is 2.00 bits per heavy atom. The number of carboxylic acids is 1. The highest BCUT2D eigenvalue weighted by Crippen LogP contribution is 2.40. The van der Waals surface area contributed by atoms with Gasteiger partial charge in [-0.15, -0.1) is 22.7 Å². The minimum absolute atomic E-state index is 0.0428. The Balaban J connectivity index is 1.69. The van der Waals surface area contributed by atoms with Crippen molar-refractivity contribution in [1.82, 2.24) is 4.90 Å². The molecule has 0 radical (unpaired) electrons. The molecule has 4 nitrogen and oxygen atoms in total. The maximum atomic E-state index is 12.8. The Morgan fingerprint density at radius 3 is 2.74 bits per heavy atom. The number of benzene rings is 1. The number of carbonyl (C=O) groups is 2. The van der Waals surface area contributed by atoms with Crippen LogP contribution in [0.3, 0.4) is 0 Å². The molecule has 4 rings (SSSR count). The van der Waals surface area contributed by atoms with Crippen molar-refractivity contribution >= 4 is 54.0 Å². The zero-order valence-corrected chi connectivity index (χ0v) is 14.1. The summed E-state index contributed by atoms with van der Waals surface area (Å²) in [5.74, 6) is -1.31. The number of aliphatic carboxylic acids is 1. The number of likely N-dealkylation sites (tertiary alicyclic amines) is 1. The second kappa shape index (κ2) is 5.32. The van der Waals surface area contributed by atoms with E-state index in [0.717, 1.165) is 9.40 Å². The molecule has 1 amide bonds. The molecular formula is C17H15NO3S2. The monoisotopic (exact) mass is 345 g/mol. The van der Waals surface area contributed by atoms with Gasteiger partial charge in [-0.25, -0.2) is 0 Å². The molecule has 0 bridgehead atoms. The molecule has 118 valence electrons. The predicted molar refractivity (Wildman–Crippen MR) is 93.4 cm³/mol. The molecular weight excluding hydrogens is 330 g/mol. The van der Waals surface area contributed by atoms with Crippen LogP contribution in [0.1, 0.15) is 23.0 Å². The molecule has 23 heavy (non-hydrogen) atoms. The number of hydrogen-bond donors (Lipinski definition) is 1. The average molecular weight is 345 g/mol. The van der Waals surface area contributed by atoms with Crippen LogP contribution in [0.4, 0.5) is 0 Å². The van der Waals surface area contributed by atoms with Gasteiger partial charge in [0.05, 0.1) is 15.5 Å². The van der Waals surface area contributed by atoms with E-state index in [2.05, 4.69) is 12.1 Å². The van der Waals surface area contributed by atoms with E-state index in [0.29, 0.717) is 17.8 Å². The number of thiophene rings is 2. The number of nitrogens with zero attached hydrogens (tertiary/aromatic N) is 1. The molecule has 1 aliphatic heterocycles. The molecule has 3 aromatic rings. The fourth-order valence-corrected chi connectivity index (χ4v) is 5.78. The molecule has 0 spiro atoms. The topological polar surface area (TPSA) is 57.6 Å². The predicted octanol–water partition coefficient (Wildman–Crippen LogP) is 4.05. The second-order valence-electron chi connectivity index (χ2n) is 5.87. The van der Waals surface area contributed by atoms with Gasteiger partial charge in [-0.3, -0.25) is 9.59 Å². The van der Waals surface area contributed by atoms with Crippen LogP contribution >= 0.6 is 22.7 Å². The standard InChI is InChI=1S/C17H15NO3S2/c1-9-10(17(20)21)6-7-18(9)16(19)14-8-13-15(23-14)11-4-2-3-5-12(11)22-13/h2-5,8-10H,6-7H2,1H3,(H,20,21). The fraction of sp³-hybridized carbons (Fsp3) is 0.294. The first-order valence-corrected chi connectivity index (χ1v) is 9.14. The molecule has 1 saturated heterocycles. The largest absolute Gasteiger partial charge is 0.481 e. The van der Waals surface area contributed by atoms with E-state index < -0.39 is 11.9 Å². The van der Waals surface area contributed by atoms with Crippen molar-refractivity contribution in [3.63, 3.8) is 0 Å². The van der Waals surface area contributed by atoms with Gasteiger partial charge in [0.1, 0.15) is 0 Å². The highest BCUT2D eigenvalue weighted by Gasteiger charge is 2.38. The summed E-state index contributed by atoms with van der Waals surface area (Å²) in [6, 6.07) is 9.90. The summed E-state index contributed by atoms with van der Waals surface area (Å²) in [6.45, 7) is 2.35. The van der Waals surface area contributed by atoms with Crippen LogP contribution in [0.25, 0.3) is 19.5 Å². The molecule has 3 heterocycles. The minimum atomic E-state index is -0.814. The summed E-state index contributed by atoms with van der Waals surface area (Å²) >= 11 is 3.21. The molecule has 1 aromatic carbocycles. The maximum absolute atomic E-state index is 12.8. The van der Waals surface area contributed by atoms with Gasteiger partial charge in [0.15, 0.2) is 0 Å². The normalized spacial score (nSPS) is 21.3. The number of rotatable bonds is 2. The van der Waals surface area contributed by atoms with E-state index in [-0.39, 0.29) is 11.9 Å². The third kappa shape index (κ3) is 2.24. The molecule has 0 aliphatic carbocycles. The van der Waals surface area contributed by atoms with Gasteiger partial charge in [0, 0.05) is 27.4 Å². The molecule has 0 saturated carbocycles. The van der Waals surface area contributed by atoms with Crippen LogP contribution in [0, 0.1) is 5.92 Å². The summed E-state index contributed by atoms with van der Waals surface area (Å²) in [7, 11) is 0. The van der Waals surface area contributed by atoms with Crippen LogP contribution in [0.5, 0.6) is 0 Å². The maximum Gasteiger partial charge on any atom is 0.308 e. The Bertz CT molecular complexity index is 926. The van der Waals surface area contributed by atoms with E-state index in [1.54, 1.807) is 16.2 Å². The molecule has 6 heteroatoms. The lowest BCUT2D eigenvalue weighted by Crippen LogP contribution is -2.37. The van der Waals surface area contributed by atoms with Crippen molar-refractivity contribution in [3.05, 3.63) is 35.2 Å². The van der Waals surface area contributed by atoms with E-state index in [4.69, 9.17) is 0 Å². The first kappa shape index (κ1) is 14.7. The van der Waals surface area contributed by atoms with Gasteiger partial charge in [-0.2, -0.15) is 0 Å².